The van der Waals surface area contributed by atoms with Gasteiger partial charge in [-0.25, -0.2) is 0 Å². The van der Waals surface area contributed by atoms with Crippen LogP contribution in [0.15, 0.2) is 18.2 Å². The van der Waals surface area contributed by atoms with Crippen LogP contribution >= 0.6 is 0 Å². The maximum absolute atomic E-state index is 12.7. The Morgan fingerprint density at radius 2 is 1.77 bits per heavy atom. The highest BCUT2D eigenvalue weighted by atomic mass is 16.5. The lowest BCUT2D eigenvalue weighted by Crippen LogP contribution is -2.39. The van der Waals surface area contributed by atoms with Crippen molar-refractivity contribution in [2.45, 2.75) is 19.3 Å². The number of methoxy groups -OCH3 is 2. The van der Waals surface area contributed by atoms with Gasteiger partial charge in [-0.2, -0.15) is 0 Å². The van der Waals surface area contributed by atoms with Crippen LogP contribution < -0.4 is 14.8 Å². The van der Waals surface area contributed by atoms with Gasteiger partial charge in [0.15, 0.2) is 0 Å². The molecule has 0 radical (unpaired) electrons. The van der Waals surface area contributed by atoms with Gasteiger partial charge in [-0.05, 0) is 43.2 Å². The number of likely N-dealkylation sites (tertiary alicyclic amines) is 1. The number of hydrogen-bond acceptors (Lipinski definition) is 5. The van der Waals surface area contributed by atoms with Crippen molar-refractivity contribution in [1.82, 2.24) is 4.90 Å². The molecular formula is C19H22N2O5. The van der Waals surface area contributed by atoms with Gasteiger partial charge in [0, 0.05) is 6.07 Å². The molecule has 3 amide bonds. The van der Waals surface area contributed by atoms with Crippen LogP contribution in [0, 0.1) is 23.7 Å². The number of benzene rings is 1. The van der Waals surface area contributed by atoms with E-state index >= 15 is 0 Å². The van der Waals surface area contributed by atoms with E-state index in [1.54, 1.807) is 25.3 Å². The van der Waals surface area contributed by atoms with Crippen molar-refractivity contribution in [3.63, 3.8) is 0 Å². The van der Waals surface area contributed by atoms with Crippen LogP contribution in [0.2, 0.25) is 0 Å². The largest absolute Gasteiger partial charge is 0.497 e. The minimum Gasteiger partial charge on any atom is -0.497 e. The number of amides is 3. The van der Waals surface area contributed by atoms with Crippen molar-refractivity contribution in [3.05, 3.63) is 18.2 Å². The first-order valence-corrected chi connectivity index (χ1v) is 8.90. The summed E-state index contributed by atoms with van der Waals surface area (Å²) >= 11 is 0. The summed E-state index contributed by atoms with van der Waals surface area (Å²) in [6, 6.07) is 5.02. The lowest BCUT2D eigenvalue weighted by atomic mass is 9.81. The fourth-order valence-electron chi connectivity index (χ4n) is 4.86. The Morgan fingerprint density at radius 3 is 2.35 bits per heavy atom. The average molecular weight is 358 g/mol. The van der Waals surface area contributed by atoms with Gasteiger partial charge in [0.05, 0.1) is 31.7 Å². The molecular weight excluding hydrogens is 336 g/mol. The van der Waals surface area contributed by atoms with Crippen molar-refractivity contribution in [1.29, 1.82) is 0 Å². The zero-order valence-corrected chi connectivity index (χ0v) is 14.9. The Morgan fingerprint density at radius 1 is 1.12 bits per heavy atom. The normalized spacial score (nSPS) is 29.1. The van der Waals surface area contributed by atoms with E-state index in [4.69, 9.17) is 9.47 Å². The molecule has 0 unspecified atom stereocenters. The highest BCUT2D eigenvalue weighted by molar-refractivity contribution is 6.09. The van der Waals surface area contributed by atoms with Gasteiger partial charge in [0.2, 0.25) is 17.7 Å². The van der Waals surface area contributed by atoms with Crippen LogP contribution in [0.4, 0.5) is 5.69 Å². The van der Waals surface area contributed by atoms with E-state index < -0.39 is 5.91 Å². The van der Waals surface area contributed by atoms with E-state index in [9.17, 15) is 14.4 Å². The van der Waals surface area contributed by atoms with Crippen molar-refractivity contribution in [3.8, 4) is 11.5 Å². The topological polar surface area (TPSA) is 84.9 Å². The molecule has 3 aliphatic rings. The molecule has 7 nitrogen and oxygen atoms in total. The Labute approximate surface area is 151 Å². The maximum atomic E-state index is 12.7. The van der Waals surface area contributed by atoms with Gasteiger partial charge in [0.1, 0.15) is 18.0 Å². The van der Waals surface area contributed by atoms with Crippen LogP contribution in [-0.4, -0.2) is 43.4 Å². The third-order valence-corrected chi connectivity index (χ3v) is 6.00. The highest BCUT2D eigenvalue weighted by Gasteiger charge is 2.60. The molecule has 2 saturated carbocycles. The zero-order valence-electron chi connectivity index (χ0n) is 14.9. The van der Waals surface area contributed by atoms with Crippen molar-refractivity contribution >= 4 is 23.4 Å². The van der Waals surface area contributed by atoms with E-state index in [0.29, 0.717) is 29.0 Å². The Bertz CT molecular complexity index is 749. The first-order chi connectivity index (χ1) is 12.5. The summed E-state index contributed by atoms with van der Waals surface area (Å²) in [4.78, 5) is 38.9. The third-order valence-electron chi connectivity index (χ3n) is 6.00. The van der Waals surface area contributed by atoms with E-state index in [-0.39, 0.29) is 30.2 Å². The van der Waals surface area contributed by atoms with Crippen molar-refractivity contribution in [2.75, 3.05) is 26.1 Å². The highest BCUT2D eigenvalue weighted by Crippen LogP contribution is 2.56. The smallest absolute Gasteiger partial charge is 0.244 e. The van der Waals surface area contributed by atoms with E-state index in [1.807, 2.05) is 0 Å². The predicted molar refractivity (Wildman–Crippen MR) is 92.7 cm³/mol. The van der Waals surface area contributed by atoms with Crippen LogP contribution in [0.1, 0.15) is 19.3 Å². The van der Waals surface area contributed by atoms with E-state index in [1.165, 1.54) is 7.11 Å². The third kappa shape index (κ3) is 2.53. The number of fused-ring (bicyclic) bond motifs is 5. The molecule has 26 heavy (non-hydrogen) atoms. The lowest BCUT2D eigenvalue weighted by Gasteiger charge is -2.19. The minimum atomic E-state index is -0.414. The number of carbonyl (C=O) groups excluding carboxylic acids is 3. The molecule has 4 atom stereocenters. The number of nitrogens with zero attached hydrogens (tertiary/aromatic N) is 1. The number of ether oxygens (including phenoxy) is 2. The predicted octanol–water partition coefficient (Wildman–Crippen LogP) is 1.67. The molecule has 1 heterocycles. The summed E-state index contributed by atoms with van der Waals surface area (Å²) in [7, 11) is 3.04. The number of anilines is 1. The maximum Gasteiger partial charge on any atom is 0.244 e. The fraction of sp³-hybridized carbons (Fsp3) is 0.526. The summed E-state index contributed by atoms with van der Waals surface area (Å²) in [6.45, 7) is -0.251. The fourth-order valence-corrected chi connectivity index (χ4v) is 4.86. The number of carbonyl (C=O) groups is 3. The molecule has 138 valence electrons. The number of rotatable bonds is 5. The molecule has 0 aromatic heterocycles. The first kappa shape index (κ1) is 16.9. The standard InChI is InChI=1S/C19H22N2O5/c1-25-12-5-6-13(14(8-12)26-2)20-15(22)9-21-18(23)16-10-3-4-11(7-10)17(16)19(21)24/h5-6,8,10-11,16-17H,3-4,7,9H2,1-2H3,(H,20,22)/t10-,11-,16+,17+/m0/s1. The lowest BCUT2D eigenvalue weighted by molar-refractivity contribution is -0.143. The molecule has 1 aromatic rings. The quantitative estimate of drug-likeness (QED) is 0.810. The van der Waals surface area contributed by atoms with E-state index in [2.05, 4.69) is 5.32 Å². The number of nitrogens with one attached hydrogen (secondary N) is 1. The molecule has 3 fully saturated rings. The Balaban J connectivity index is 1.46. The molecule has 7 heteroatoms. The van der Waals surface area contributed by atoms with Crippen molar-refractivity contribution in [2.24, 2.45) is 23.7 Å². The molecule has 2 aliphatic carbocycles. The molecule has 2 bridgehead atoms. The van der Waals surface area contributed by atoms with Crippen LogP contribution in [0.5, 0.6) is 11.5 Å². The molecule has 1 aliphatic heterocycles. The van der Waals surface area contributed by atoms with Gasteiger partial charge < -0.3 is 14.8 Å². The molecule has 1 saturated heterocycles. The van der Waals surface area contributed by atoms with Gasteiger partial charge in [-0.15, -0.1) is 0 Å². The van der Waals surface area contributed by atoms with Crippen LogP contribution in [0.25, 0.3) is 0 Å². The molecule has 0 spiro atoms. The second-order valence-electron chi connectivity index (χ2n) is 7.26. The minimum absolute atomic E-state index is 0.177. The van der Waals surface area contributed by atoms with E-state index in [0.717, 1.165) is 24.2 Å². The van der Waals surface area contributed by atoms with Gasteiger partial charge >= 0.3 is 0 Å². The summed E-state index contributed by atoms with van der Waals surface area (Å²) in [6.07, 6.45) is 3.03. The van der Waals surface area contributed by atoms with Gasteiger partial charge in [0.25, 0.3) is 0 Å². The Hall–Kier alpha value is -2.57. The molecule has 4 rings (SSSR count). The zero-order chi connectivity index (χ0) is 18.4. The molecule has 1 aromatic carbocycles. The monoisotopic (exact) mass is 358 g/mol. The summed E-state index contributed by atoms with van der Waals surface area (Å²) in [5, 5.41) is 2.72. The summed E-state index contributed by atoms with van der Waals surface area (Å²) < 4.78 is 10.4. The Kier molecular flexibility index (Phi) is 4.09. The summed E-state index contributed by atoms with van der Waals surface area (Å²) in [5.41, 5.74) is 0.470. The second-order valence-corrected chi connectivity index (χ2v) is 7.26. The van der Waals surface area contributed by atoms with Crippen molar-refractivity contribution < 1.29 is 23.9 Å². The number of imide groups is 1. The second kappa shape index (κ2) is 6.30. The first-order valence-electron chi connectivity index (χ1n) is 8.90. The number of hydrogen-bond donors (Lipinski definition) is 1. The average Bonchev–Trinajstić information content (AvgIpc) is 3.32. The molecule has 1 N–H and O–H groups in total. The summed E-state index contributed by atoms with van der Waals surface area (Å²) in [5.74, 6) is 0.511. The van der Waals surface area contributed by atoms with Crippen LogP contribution in [0.3, 0.4) is 0 Å². The SMILES string of the molecule is COc1ccc(NC(=O)CN2C(=O)[C@@H]3[C@H]4CC[C@@H](C4)[C@H]3C2=O)c(OC)c1. The van der Waals surface area contributed by atoms with Crippen LogP contribution in [-0.2, 0) is 14.4 Å². The van der Waals surface area contributed by atoms with Gasteiger partial charge in [-0.3, -0.25) is 19.3 Å². The van der Waals surface area contributed by atoms with Gasteiger partial charge in [-0.1, -0.05) is 0 Å².